The number of halogens is 1. The standard InChI is InChI=1S/C10H14FNO2/c1-10(13,6-12)8-5-7(11)3-4-9(8)14-2/h3-5,13H,6,12H2,1-2H3/t10-/m1/s1. The molecular weight excluding hydrogens is 185 g/mol. The average Bonchev–Trinajstić information content (AvgIpc) is 2.18. The van der Waals surface area contributed by atoms with Gasteiger partial charge < -0.3 is 15.6 Å². The second-order valence-corrected chi connectivity index (χ2v) is 3.32. The van der Waals surface area contributed by atoms with E-state index in [2.05, 4.69) is 0 Å². The maximum Gasteiger partial charge on any atom is 0.125 e. The molecule has 4 heteroatoms. The molecule has 0 aliphatic heterocycles. The van der Waals surface area contributed by atoms with Crippen LogP contribution in [0.25, 0.3) is 0 Å². The summed E-state index contributed by atoms with van der Waals surface area (Å²) in [4.78, 5) is 0. The van der Waals surface area contributed by atoms with Gasteiger partial charge in [0.05, 0.1) is 7.11 Å². The van der Waals surface area contributed by atoms with Crippen LogP contribution in [0, 0.1) is 5.82 Å². The minimum absolute atomic E-state index is 0.00676. The topological polar surface area (TPSA) is 55.5 Å². The van der Waals surface area contributed by atoms with E-state index in [0.717, 1.165) is 0 Å². The Morgan fingerprint density at radius 1 is 1.57 bits per heavy atom. The Hall–Kier alpha value is -1.13. The zero-order valence-electron chi connectivity index (χ0n) is 8.25. The number of benzene rings is 1. The van der Waals surface area contributed by atoms with E-state index in [1.165, 1.54) is 32.2 Å². The molecule has 0 saturated carbocycles. The van der Waals surface area contributed by atoms with Gasteiger partial charge in [0, 0.05) is 12.1 Å². The number of aliphatic hydroxyl groups is 1. The van der Waals surface area contributed by atoms with Crippen molar-refractivity contribution in [1.82, 2.24) is 0 Å². The van der Waals surface area contributed by atoms with Crippen LogP contribution in [0.5, 0.6) is 5.75 Å². The Kier molecular flexibility index (Phi) is 3.08. The lowest BCUT2D eigenvalue weighted by Crippen LogP contribution is -2.31. The van der Waals surface area contributed by atoms with Gasteiger partial charge in [-0.2, -0.15) is 0 Å². The van der Waals surface area contributed by atoms with Crippen LogP contribution in [-0.2, 0) is 5.60 Å². The minimum atomic E-state index is -1.27. The molecule has 0 bridgehead atoms. The van der Waals surface area contributed by atoms with Crippen LogP contribution < -0.4 is 10.5 Å². The molecule has 0 aliphatic carbocycles. The maximum atomic E-state index is 12.9. The first kappa shape index (κ1) is 10.9. The Balaban J connectivity index is 3.23. The second-order valence-electron chi connectivity index (χ2n) is 3.32. The van der Waals surface area contributed by atoms with Gasteiger partial charge in [-0.25, -0.2) is 4.39 Å². The van der Waals surface area contributed by atoms with E-state index in [0.29, 0.717) is 11.3 Å². The Morgan fingerprint density at radius 3 is 2.71 bits per heavy atom. The maximum absolute atomic E-state index is 12.9. The quantitative estimate of drug-likeness (QED) is 0.763. The van der Waals surface area contributed by atoms with Crippen LogP contribution in [-0.4, -0.2) is 18.8 Å². The molecule has 0 amide bonds. The van der Waals surface area contributed by atoms with Crippen LogP contribution in [0.1, 0.15) is 12.5 Å². The van der Waals surface area contributed by atoms with E-state index in [4.69, 9.17) is 10.5 Å². The summed E-state index contributed by atoms with van der Waals surface area (Å²) in [5, 5.41) is 9.86. The molecule has 0 radical (unpaired) electrons. The number of nitrogens with two attached hydrogens (primary N) is 1. The molecule has 0 aromatic heterocycles. The van der Waals surface area contributed by atoms with Gasteiger partial charge >= 0.3 is 0 Å². The lowest BCUT2D eigenvalue weighted by atomic mass is 9.95. The Bertz CT molecular complexity index is 326. The summed E-state index contributed by atoms with van der Waals surface area (Å²) in [6.07, 6.45) is 0. The van der Waals surface area contributed by atoms with Crippen LogP contribution >= 0.6 is 0 Å². The molecule has 1 atom stereocenters. The predicted octanol–water partition coefficient (Wildman–Crippen LogP) is 1.00. The highest BCUT2D eigenvalue weighted by Gasteiger charge is 2.25. The van der Waals surface area contributed by atoms with Crippen molar-refractivity contribution in [1.29, 1.82) is 0 Å². The van der Waals surface area contributed by atoms with Crippen molar-refractivity contribution < 1.29 is 14.2 Å². The first-order valence-corrected chi connectivity index (χ1v) is 4.27. The number of methoxy groups -OCH3 is 1. The zero-order valence-corrected chi connectivity index (χ0v) is 8.25. The fourth-order valence-electron chi connectivity index (χ4n) is 1.21. The van der Waals surface area contributed by atoms with Gasteiger partial charge in [-0.15, -0.1) is 0 Å². The molecule has 14 heavy (non-hydrogen) atoms. The van der Waals surface area contributed by atoms with Gasteiger partial charge in [0.15, 0.2) is 0 Å². The first-order chi connectivity index (χ1) is 6.51. The molecule has 0 spiro atoms. The smallest absolute Gasteiger partial charge is 0.125 e. The summed E-state index contributed by atoms with van der Waals surface area (Å²) >= 11 is 0. The normalized spacial score (nSPS) is 14.9. The number of rotatable bonds is 3. The lowest BCUT2D eigenvalue weighted by Gasteiger charge is -2.23. The van der Waals surface area contributed by atoms with Crippen molar-refractivity contribution in [3.63, 3.8) is 0 Å². The highest BCUT2D eigenvalue weighted by atomic mass is 19.1. The molecule has 0 heterocycles. The molecule has 1 aromatic carbocycles. The van der Waals surface area contributed by atoms with Crippen molar-refractivity contribution in [3.8, 4) is 5.75 Å². The fourth-order valence-corrected chi connectivity index (χ4v) is 1.21. The van der Waals surface area contributed by atoms with Crippen LogP contribution in [0.3, 0.4) is 0 Å². The molecule has 3 N–H and O–H groups in total. The van der Waals surface area contributed by atoms with Crippen LogP contribution in [0.2, 0.25) is 0 Å². The monoisotopic (exact) mass is 199 g/mol. The van der Waals surface area contributed by atoms with Crippen LogP contribution in [0.15, 0.2) is 18.2 Å². The summed E-state index contributed by atoms with van der Waals surface area (Å²) in [7, 11) is 1.46. The number of hydrogen-bond acceptors (Lipinski definition) is 3. The second kappa shape index (κ2) is 3.94. The summed E-state index contributed by atoms with van der Waals surface area (Å²) in [5.74, 6) is 0.0105. The summed E-state index contributed by atoms with van der Waals surface area (Å²) in [6.45, 7) is 1.52. The van der Waals surface area contributed by atoms with Gasteiger partial charge in [-0.1, -0.05) is 0 Å². The molecule has 1 aromatic rings. The molecule has 0 aliphatic rings. The molecule has 1 rings (SSSR count). The summed E-state index contributed by atoms with van der Waals surface area (Å²) < 4.78 is 17.9. The van der Waals surface area contributed by atoms with Crippen molar-refractivity contribution in [3.05, 3.63) is 29.6 Å². The van der Waals surface area contributed by atoms with Crippen molar-refractivity contribution in [2.24, 2.45) is 5.73 Å². The highest BCUT2D eigenvalue weighted by molar-refractivity contribution is 5.38. The van der Waals surface area contributed by atoms with Gasteiger partial charge in [0.2, 0.25) is 0 Å². The molecule has 3 nitrogen and oxygen atoms in total. The minimum Gasteiger partial charge on any atom is -0.496 e. The Labute approximate surface area is 82.3 Å². The van der Waals surface area contributed by atoms with Gasteiger partial charge in [-0.05, 0) is 25.1 Å². The number of ether oxygens (including phenoxy) is 1. The SMILES string of the molecule is COc1ccc(F)cc1[C@](C)(O)CN. The van der Waals surface area contributed by atoms with E-state index >= 15 is 0 Å². The van der Waals surface area contributed by atoms with E-state index in [1.807, 2.05) is 0 Å². The van der Waals surface area contributed by atoms with E-state index in [1.54, 1.807) is 0 Å². The first-order valence-electron chi connectivity index (χ1n) is 4.27. The molecule has 0 unspecified atom stereocenters. The fraction of sp³-hybridized carbons (Fsp3) is 0.400. The summed E-state index contributed by atoms with van der Waals surface area (Å²) in [6, 6.07) is 3.97. The Morgan fingerprint density at radius 2 is 2.21 bits per heavy atom. The predicted molar refractivity (Wildman–Crippen MR) is 51.6 cm³/mol. The molecule has 78 valence electrons. The van der Waals surface area contributed by atoms with E-state index in [9.17, 15) is 9.50 Å². The van der Waals surface area contributed by atoms with Crippen molar-refractivity contribution >= 4 is 0 Å². The van der Waals surface area contributed by atoms with E-state index in [-0.39, 0.29) is 6.54 Å². The van der Waals surface area contributed by atoms with Crippen molar-refractivity contribution in [2.75, 3.05) is 13.7 Å². The third-order valence-electron chi connectivity index (χ3n) is 2.14. The largest absolute Gasteiger partial charge is 0.496 e. The van der Waals surface area contributed by atoms with Crippen LogP contribution in [0.4, 0.5) is 4.39 Å². The molecule has 0 fully saturated rings. The third kappa shape index (κ3) is 2.02. The van der Waals surface area contributed by atoms with Gasteiger partial charge in [0.25, 0.3) is 0 Å². The van der Waals surface area contributed by atoms with E-state index < -0.39 is 11.4 Å². The highest BCUT2D eigenvalue weighted by Crippen LogP contribution is 2.29. The average molecular weight is 199 g/mol. The number of hydrogen-bond donors (Lipinski definition) is 2. The summed E-state index contributed by atoms with van der Waals surface area (Å²) in [5.41, 5.74) is 4.48. The third-order valence-corrected chi connectivity index (χ3v) is 2.14. The van der Waals surface area contributed by atoms with Gasteiger partial charge in [-0.3, -0.25) is 0 Å². The zero-order chi connectivity index (χ0) is 10.8. The molecular formula is C10H14FNO2. The van der Waals surface area contributed by atoms with Gasteiger partial charge in [0.1, 0.15) is 17.2 Å². The van der Waals surface area contributed by atoms with Crippen molar-refractivity contribution in [2.45, 2.75) is 12.5 Å². The molecule has 0 saturated heterocycles. The lowest BCUT2D eigenvalue weighted by molar-refractivity contribution is 0.0637.